The molecule has 0 saturated carbocycles. The number of nitrogens with zero attached hydrogens (tertiary/aromatic N) is 3. The quantitative estimate of drug-likeness (QED) is 0.844. The third-order valence-electron chi connectivity index (χ3n) is 3.39. The number of piperidine rings is 1. The van der Waals surface area contributed by atoms with Gasteiger partial charge in [-0.05, 0) is 25.8 Å². The molecule has 0 radical (unpaired) electrons. The number of halogens is 3. The van der Waals surface area contributed by atoms with E-state index in [0.29, 0.717) is 31.5 Å². The summed E-state index contributed by atoms with van der Waals surface area (Å²) >= 11 is 0. The van der Waals surface area contributed by atoms with Crippen molar-refractivity contribution >= 4 is 6.01 Å². The molecular formula is C12H19F3N4O. The molecule has 5 nitrogen and oxygen atoms in total. The fourth-order valence-corrected chi connectivity index (χ4v) is 2.21. The molecule has 2 rings (SSSR count). The lowest BCUT2D eigenvalue weighted by Gasteiger charge is -2.31. The largest absolute Gasteiger partial charge is 0.407 e. The smallest absolute Gasteiger partial charge is 0.391 e. The molecular weight excluding hydrogens is 273 g/mol. The van der Waals surface area contributed by atoms with Crippen molar-refractivity contribution in [1.82, 2.24) is 15.5 Å². The average molecular weight is 292 g/mol. The first-order valence-corrected chi connectivity index (χ1v) is 6.85. The lowest BCUT2D eigenvalue weighted by molar-refractivity contribution is -0.179. The molecule has 0 aliphatic carbocycles. The molecule has 0 atom stereocenters. The van der Waals surface area contributed by atoms with Crippen molar-refractivity contribution in [3.63, 3.8) is 0 Å². The molecule has 1 N–H and O–H groups in total. The molecule has 1 fully saturated rings. The summed E-state index contributed by atoms with van der Waals surface area (Å²) in [4.78, 5) is 1.72. The predicted octanol–water partition coefficient (Wildman–Crippen LogP) is 2.35. The highest BCUT2D eigenvalue weighted by molar-refractivity contribution is 5.24. The Kier molecular flexibility index (Phi) is 4.85. The maximum atomic E-state index is 12.6. The fourth-order valence-electron chi connectivity index (χ4n) is 2.21. The number of rotatable bonds is 5. The molecule has 1 aromatic heterocycles. The van der Waals surface area contributed by atoms with Crippen molar-refractivity contribution in [3.05, 3.63) is 5.89 Å². The second-order valence-corrected chi connectivity index (χ2v) is 4.96. The first kappa shape index (κ1) is 15.1. The second-order valence-electron chi connectivity index (χ2n) is 4.96. The van der Waals surface area contributed by atoms with Gasteiger partial charge in [0.15, 0.2) is 0 Å². The zero-order valence-electron chi connectivity index (χ0n) is 11.4. The van der Waals surface area contributed by atoms with Crippen LogP contribution in [0.25, 0.3) is 0 Å². The molecule has 0 bridgehead atoms. The van der Waals surface area contributed by atoms with Crippen molar-refractivity contribution in [2.45, 2.75) is 38.9 Å². The van der Waals surface area contributed by atoms with Gasteiger partial charge in [-0.15, -0.1) is 5.10 Å². The average Bonchev–Trinajstić information content (AvgIpc) is 2.87. The summed E-state index contributed by atoms with van der Waals surface area (Å²) in [5.74, 6) is -0.751. The summed E-state index contributed by atoms with van der Waals surface area (Å²) in [6.45, 7) is 3.99. The van der Waals surface area contributed by atoms with Crippen LogP contribution < -0.4 is 10.2 Å². The van der Waals surface area contributed by atoms with Crippen molar-refractivity contribution in [2.75, 3.05) is 24.5 Å². The third-order valence-corrected chi connectivity index (χ3v) is 3.39. The van der Waals surface area contributed by atoms with Gasteiger partial charge in [0, 0.05) is 13.1 Å². The predicted molar refractivity (Wildman–Crippen MR) is 67.3 cm³/mol. The van der Waals surface area contributed by atoms with E-state index in [0.717, 1.165) is 13.0 Å². The van der Waals surface area contributed by atoms with Gasteiger partial charge in [0.25, 0.3) is 0 Å². The zero-order valence-corrected chi connectivity index (χ0v) is 11.4. The van der Waals surface area contributed by atoms with Crippen LogP contribution in [0.15, 0.2) is 4.42 Å². The van der Waals surface area contributed by atoms with Crippen molar-refractivity contribution < 1.29 is 17.6 Å². The first-order chi connectivity index (χ1) is 9.50. The van der Waals surface area contributed by atoms with Crippen LogP contribution >= 0.6 is 0 Å². The van der Waals surface area contributed by atoms with Gasteiger partial charge in [-0.2, -0.15) is 13.2 Å². The monoisotopic (exact) mass is 292 g/mol. The van der Waals surface area contributed by atoms with Crippen LogP contribution in [0.2, 0.25) is 0 Å². The second kappa shape index (κ2) is 6.43. The Balaban J connectivity index is 1.84. The van der Waals surface area contributed by atoms with Crippen LogP contribution in [-0.2, 0) is 6.54 Å². The molecule has 0 spiro atoms. The fraction of sp³-hybridized carbons (Fsp3) is 0.833. The Morgan fingerprint density at radius 2 is 2.00 bits per heavy atom. The van der Waals surface area contributed by atoms with Gasteiger partial charge in [-0.3, -0.25) is 0 Å². The summed E-state index contributed by atoms with van der Waals surface area (Å²) in [5.41, 5.74) is 0. The third kappa shape index (κ3) is 3.84. The highest BCUT2D eigenvalue weighted by Crippen LogP contribution is 2.35. The summed E-state index contributed by atoms with van der Waals surface area (Å²) in [7, 11) is 0. The van der Waals surface area contributed by atoms with Crippen LogP contribution in [0.4, 0.5) is 19.2 Å². The number of nitrogens with one attached hydrogen (secondary N) is 1. The van der Waals surface area contributed by atoms with E-state index in [4.69, 9.17) is 4.42 Å². The molecule has 1 aliphatic heterocycles. The standard InChI is InChI=1S/C12H19F3N4O/c1-2-5-16-8-10-17-18-11(20-10)19-6-3-9(4-7-19)12(13,14)15/h9,16H,2-8H2,1H3. The Morgan fingerprint density at radius 3 is 2.60 bits per heavy atom. The maximum Gasteiger partial charge on any atom is 0.391 e. The van der Waals surface area contributed by atoms with Crippen LogP contribution in [0.3, 0.4) is 0 Å². The molecule has 0 amide bonds. The van der Waals surface area contributed by atoms with Gasteiger partial charge in [-0.25, -0.2) is 0 Å². The van der Waals surface area contributed by atoms with Crippen LogP contribution in [0, 0.1) is 5.92 Å². The van der Waals surface area contributed by atoms with Crippen molar-refractivity contribution in [1.29, 1.82) is 0 Å². The normalized spacial score (nSPS) is 17.7. The van der Waals surface area contributed by atoms with E-state index in [1.807, 2.05) is 0 Å². The minimum Gasteiger partial charge on any atom is -0.407 e. The molecule has 2 heterocycles. The number of hydrogen-bond donors (Lipinski definition) is 1. The van der Waals surface area contributed by atoms with E-state index < -0.39 is 12.1 Å². The minimum absolute atomic E-state index is 0.0787. The number of anilines is 1. The lowest BCUT2D eigenvalue weighted by atomic mass is 9.97. The molecule has 0 unspecified atom stereocenters. The van der Waals surface area contributed by atoms with Gasteiger partial charge >= 0.3 is 12.2 Å². The SMILES string of the molecule is CCCNCc1nnc(N2CCC(C(F)(F)F)CC2)o1. The first-order valence-electron chi connectivity index (χ1n) is 6.85. The van der Waals surface area contributed by atoms with E-state index in [1.54, 1.807) is 4.90 Å². The Labute approximate surface area is 115 Å². The summed E-state index contributed by atoms with van der Waals surface area (Å²) in [5, 5.41) is 10.9. The van der Waals surface area contributed by atoms with E-state index >= 15 is 0 Å². The summed E-state index contributed by atoms with van der Waals surface area (Å²) < 4.78 is 43.2. The van der Waals surface area contributed by atoms with Gasteiger partial charge < -0.3 is 14.6 Å². The van der Waals surface area contributed by atoms with Crippen LogP contribution in [-0.4, -0.2) is 36.0 Å². The minimum atomic E-state index is -4.10. The van der Waals surface area contributed by atoms with Gasteiger partial charge in [-0.1, -0.05) is 12.0 Å². The van der Waals surface area contributed by atoms with Gasteiger partial charge in [0.05, 0.1) is 12.5 Å². The maximum absolute atomic E-state index is 12.6. The number of alkyl halides is 3. The Morgan fingerprint density at radius 1 is 1.30 bits per heavy atom. The number of hydrogen-bond acceptors (Lipinski definition) is 5. The molecule has 1 aromatic rings. The van der Waals surface area contributed by atoms with Gasteiger partial charge in [0.1, 0.15) is 0 Å². The van der Waals surface area contributed by atoms with Crippen molar-refractivity contribution in [2.24, 2.45) is 5.92 Å². The van der Waals surface area contributed by atoms with E-state index in [-0.39, 0.29) is 12.8 Å². The van der Waals surface area contributed by atoms with Crippen molar-refractivity contribution in [3.8, 4) is 0 Å². The summed E-state index contributed by atoms with van der Waals surface area (Å²) in [6.07, 6.45) is -2.94. The van der Waals surface area contributed by atoms with E-state index in [9.17, 15) is 13.2 Å². The number of aromatic nitrogens is 2. The lowest BCUT2D eigenvalue weighted by Crippen LogP contribution is -2.39. The van der Waals surface area contributed by atoms with Crippen LogP contribution in [0.1, 0.15) is 32.1 Å². The highest BCUT2D eigenvalue weighted by atomic mass is 19.4. The van der Waals surface area contributed by atoms with E-state index in [1.165, 1.54) is 0 Å². The van der Waals surface area contributed by atoms with E-state index in [2.05, 4.69) is 22.4 Å². The van der Waals surface area contributed by atoms with Gasteiger partial charge in [0.2, 0.25) is 5.89 Å². The molecule has 1 saturated heterocycles. The molecule has 114 valence electrons. The topological polar surface area (TPSA) is 54.2 Å². The molecule has 8 heteroatoms. The Bertz CT molecular complexity index is 413. The summed E-state index contributed by atoms with van der Waals surface area (Å²) in [6, 6.07) is 0.318. The Hall–Kier alpha value is -1.31. The zero-order chi connectivity index (χ0) is 14.6. The van der Waals surface area contributed by atoms with Crippen LogP contribution in [0.5, 0.6) is 0 Å². The molecule has 0 aromatic carbocycles. The molecule has 20 heavy (non-hydrogen) atoms. The highest BCUT2D eigenvalue weighted by Gasteiger charge is 2.41. The molecule has 1 aliphatic rings.